The molecule has 0 spiro atoms. The number of para-hydroxylation sites is 2. The summed E-state index contributed by atoms with van der Waals surface area (Å²) in [5.41, 5.74) is 0.931. The van der Waals surface area contributed by atoms with Gasteiger partial charge in [-0.2, -0.15) is 0 Å². The van der Waals surface area contributed by atoms with Gasteiger partial charge >= 0.3 is 0 Å². The van der Waals surface area contributed by atoms with Crippen LogP contribution in [-0.4, -0.2) is 7.11 Å². The van der Waals surface area contributed by atoms with Crippen molar-refractivity contribution in [3.05, 3.63) is 94.1 Å². The Bertz CT molecular complexity index is 1240. The quantitative estimate of drug-likeness (QED) is 0.416. The van der Waals surface area contributed by atoms with Crippen molar-refractivity contribution in [3.63, 3.8) is 0 Å². The molecule has 0 unspecified atom stereocenters. The molecule has 6 heteroatoms. The summed E-state index contributed by atoms with van der Waals surface area (Å²) < 4.78 is 35.7. The lowest BCUT2D eigenvalue weighted by Crippen LogP contribution is -2.08. The minimum Gasteiger partial charge on any atom is -0.493 e. The van der Waals surface area contributed by atoms with E-state index in [-0.39, 0.29) is 23.6 Å². The maximum absolute atomic E-state index is 13.0. The first-order chi connectivity index (χ1) is 14.5. The van der Waals surface area contributed by atoms with Gasteiger partial charge in [0.05, 0.1) is 12.5 Å². The monoisotopic (exact) mass is 406 g/mol. The summed E-state index contributed by atoms with van der Waals surface area (Å²) in [6.07, 6.45) is 0. The Balaban J connectivity index is 1.62. The Morgan fingerprint density at radius 1 is 0.967 bits per heavy atom. The normalized spacial score (nSPS) is 10.8. The average molecular weight is 406 g/mol. The Morgan fingerprint density at radius 2 is 1.70 bits per heavy atom. The predicted molar refractivity (Wildman–Crippen MR) is 111 cm³/mol. The summed E-state index contributed by atoms with van der Waals surface area (Å²) in [6.45, 7) is 1.93. The average Bonchev–Trinajstić information content (AvgIpc) is 2.76. The fraction of sp³-hybridized carbons (Fsp3) is 0.125. The van der Waals surface area contributed by atoms with E-state index in [9.17, 15) is 9.18 Å². The van der Waals surface area contributed by atoms with Gasteiger partial charge in [0.15, 0.2) is 11.5 Å². The van der Waals surface area contributed by atoms with Crippen molar-refractivity contribution in [3.8, 4) is 23.0 Å². The molecule has 0 fully saturated rings. The van der Waals surface area contributed by atoms with Crippen molar-refractivity contribution in [2.24, 2.45) is 0 Å². The highest BCUT2D eigenvalue weighted by Crippen LogP contribution is 2.32. The second-order valence-electron chi connectivity index (χ2n) is 6.64. The molecule has 1 heterocycles. The third-order valence-electron chi connectivity index (χ3n) is 4.59. The number of hydrogen-bond donors (Lipinski definition) is 0. The van der Waals surface area contributed by atoms with Gasteiger partial charge in [-0.25, -0.2) is 4.39 Å². The zero-order valence-corrected chi connectivity index (χ0v) is 16.5. The lowest BCUT2D eigenvalue weighted by atomic mass is 10.2. The minimum absolute atomic E-state index is 0.104. The topological polar surface area (TPSA) is 57.9 Å². The third-order valence-corrected chi connectivity index (χ3v) is 4.59. The Morgan fingerprint density at radius 3 is 2.43 bits per heavy atom. The van der Waals surface area contributed by atoms with Gasteiger partial charge < -0.3 is 18.6 Å². The zero-order valence-electron chi connectivity index (χ0n) is 16.5. The number of ether oxygens (including phenoxy) is 3. The fourth-order valence-corrected chi connectivity index (χ4v) is 3.04. The summed E-state index contributed by atoms with van der Waals surface area (Å²) in [6, 6.07) is 18.1. The first kappa shape index (κ1) is 19.5. The Labute approximate surface area is 172 Å². The van der Waals surface area contributed by atoms with Crippen LogP contribution < -0.4 is 19.6 Å². The Hall–Kier alpha value is -3.80. The molecule has 0 radical (unpaired) electrons. The summed E-state index contributed by atoms with van der Waals surface area (Å²) in [5, 5.41) is 0.375. The van der Waals surface area contributed by atoms with Crippen LogP contribution in [0.4, 0.5) is 4.39 Å². The van der Waals surface area contributed by atoms with Crippen molar-refractivity contribution < 1.29 is 23.0 Å². The highest BCUT2D eigenvalue weighted by atomic mass is 19.1. The number of hydrogen-bond acceptors (Lipinski definition) is 5. The van der Waals surface area contributed by atoms with Crippen LogP contribution in [0.2, 0.25) is 0 Å². The molecule has 0 bridgehead atoms. The largest absolute Gasteiger partial charge is 0.493 e. The molecule has 0 saturated heterocycles. The molecule has 4 aromatic rings. The molecule has 3 aromatic carbocycles. The van der Waals surface area contributed by atoms with Crippen molar-refractivity contribution in [1.82, 2.24) is 0 Å². The van der Waals surface area contributed by atoms with E-state index in [2.05, 4.69) is 0 Å². The van der Waals surface area contributed by atoms with Crippen LogP contribution in [0.25, 0.3) is 11.0 Å². The molecule has 0 aliphatic rings. The number of rotatable bonds is 6. The number of halogens is 1. The van der Waals surface area contributed by atoms with E-state index >= 15 is 0 Å². The van der Waals surface area contributed by atoms with Gasteiger partial charge in [0.25, 0.3) is 0 Å². The molecular weight excluding hydrogens is 387 g/mol. The molecule has 0 amide bonds. The van der Waals surface area contributed by atoms with Gasteiger partial charge in [-0.05, 0) is 48.9 Å². The van der Waals surface area contributed by atoms with Crippen LogP contribution in [0.1, 0.15) is 11.3 Å². The maximum atomic E-state index is 13.0. The maximum Gasteiger partial charge on any atom is 0.235 e. The van der Waals surface area contributed by atoms with E-state index in [1.165, 1.54) is 19.2 Å². The summed E-state index contributed by atoms with van der Waals surface area (Å²) >= 11 is 0. The van der Waals surface area contributed by atoms with Crippen LogP contribution in [0.3, 0.4) is 0 Å². The molecule has 0 aliphatic carbocycles. The van der Waals surface area contributed by atoms with Crippen molar-refractivity contribution >= 4 is 11.0 Å². The van der Waals surface area contributed by atoms with Crippen molar-refractivity contribution in [2.45, 2.75) is 13.5 Å². The van der Waals surface area contributed by atoms with Crippen LogP contribution in [-0.2, 0) is 6.61 Å². The molecule has 0 N–H and O–H groups in total. The van der Waals surface area contributed by atoms with Crippen molar-refractivity contribution in [2.75, 3.05) is 7.11 Å². The van der Waals surface area contributed by atoms with Crippen LogP contribution in [0.5, 0.6) is 23.0 Å². The number of aryl methyl sites for hydroxylation is 1. The summed E-state index contributed by atoms with van der Waals surface area (Å²) in [5.74, 6) is 1.62. The molecule has 0 aliphatic heterocycles. The number of benzene rings is 3. The molecule has 1 aromatic heterocycles. The van der Waals surface area contributed by atoms with Gasteiger partial charge in [-0.1, -0.05) is 24.3 Å². The summed E-state index contributed by atoms with van der Waals surface area (Å²) in [7, 11) is 1.53. The van der Waals surface area contributed by atoms with E-state index in [1.807, 2.05) is 6.07 Å². The van der Waals surface area contributed by atoms with Crippen LogP contribution in [0.15, 0.2) is 75.9 Å². The first-order valence-electron chi connectivity index (χ1n) is 9.31. The number of fused-ring (bicyclic) bond motifs is 1. The third kappa shape index (κ3) is 3.98. The highest BCUT2D eigenvalue weighted by molar-refractivity contribution is 5.79. The fourth-order valence-electron chi connectivity index (χ4n) is 3.04. The second kappa shape index (κ2) is 8.29. The zero-order chi connectivity index (χ0) is 21.1. The van der Waals surface area contributed by atoms with E-state index in [0.29, 0.717) is 34.0 Å². The summed E-state index contributed by atoms with van der Waals surface area (Å²) in [4.78, 5) is 13.0. The van der Waals surface area contributed by atoms with Gasteiger partial charge in [0.1, 0.15) is 29.5 Å². The van der Waals surface area contributed by atoms with E-state index in [1.54, 1.807) is 55.5 Å². The first-order valence-corrected chi connectivity index (χ1v) is 9.31. The molecule has 5 nitrogen and oxygen atoms in total. The van der Waals surface area contributed by atoms with E-state index < -0.39 is 0 Å². The molecule has 30 heavy (non-hydrogen) atoms. The molecular formula is C24H19FO5. The lowest BCUT2D eigenvalue weighted by Gasteiger charge is -2.12. The molecule has 152 valence electrons. The van der Waals surface area contributed by atoms with Gasteiger partial charge in [-0.15, -0.1) is 0 Å². The van der Waals surface area contributed by atoms with Gasteiger partial charge in [-0.3, -0.25) is 4.79 Å². The van der Waals surface area contributed by atoms with Crippen molar-refractivity contribution in [1.29, 1.82) is 0 Å². The second-order valence-corrected chi connectivity index (χ2v) is 6.64. The standard InChI is InChI=1S/C24H19FO5/c1-15-24(30-21-6-4-3-5-20(21)27-2)23(26)19-12-11-18(13-22(19)29-15)28-14-16-7-9-17(25)10-8-16/h3-13H,14H2,1-2H3. The van der Waals surface area contributed by atoms with Crippen LogP contribution in [0, 0.1) is 12.7 Å². The highest BCUT2D eigenvalue weighted by Gasteiger charge is 2.16. The SMILES string of the molecule is COc1ccccc1Oc1c(C)oc2cc(OCc3ccc(F)cc3)ccc2c1=O. The van der Waals surface area contributed by atoms with E-state index in [0.717, 1.165) is 5.56 Å². The minimum atomic E-state index is -0.298. The number of methoxy groups -OCH3 is 1. The van der Waals surface area contributed by atoms with Gasteiger partial charge in [0.2, 0.25) is 11.2 Å². The lowest BCUT2D eigenvalue weighted by molar-refractivity contribution is 0.306. The molecule has 0 saturated carbocycles. The predicted octanol–water partition coefficient (Wildman–Crippen LogP) is 5.62. The van der Waals surface area contributed by atoms with Gasteiger partial charge in [0, 0.05) is 6.07 Å². The molecule has 0 atom stereocenters. The van der Waals surface area contributed by atoms with E-state index in [4.69, 9.17) is 18.6 Å². The smallest absolute Gasteiger partial charge is 0.235 e. The Kier molecular flexibility index (Phi) is 5.39. The van der Waals surface area contributed by atoms with Crippen LogP contribution >= 0.6 is 0 Å². The molecule has 4 rings (SSSR count).